The van der Waals surface area contributed by atoms with E-state index in [1.807, 2.05) is 10.7 Å². The van der Waals surface area contributed by atoms with Crippen molar-refractivity contribution in [2.45, 2.75) is 30.7 Å². The van der Waals surface area contributed by atoms with Crippen LogP contribution >= 0.6 is 0 Å². The number of esters is 1. The average molecular weight is 463 g/mol. The van der Waals surface area contributed by atoms with Crippen molar-refractivity contribution in [1.82, 2.24) is 19.0 Å². The molecule has 2 aliphatic rings. The zero-order valence-electron chi connectivity index (χ0n) is 18.1. The molecule has 1 aromatic heterocycles. The number of rotatable bonds is 5. The number of amides is 1. The van der Waals surface area contributed by atoms with Crippen LogP contribution in [-0.4, -0.2) is 79.7 Å². The van der Waals surface area contributed by atoms with Gasteiger partial charge in [-0.25, -0.2) is 13.2 Å². The summed E-state index contributed by atoms with van der Waals surface area (Å²) in [4.78, 5) is 26.3. The van der Waals surface area contributed by atoms with E-state index in [4.69, 9.17) is 9.47 Å². The number of aromatic nitrogens is 2. The lowest BCUT2D eigenvalue weighted by Crippen LogP contribution is -2.50. The smallest absolute Gasteiger partial charge is 0.337 e. The Morgan fingerprint density at radius 1 is 1.00 bits per heavy atom. The van der Waals surface area contributed by atoms with Crippen LogP contribution in [0.5, 0.6) is 5.75 Å². The van der Waals surface area contributed by atoms with Gasteiger partial charge in [0.15, 0.2) is 5.69 Å². The molecule has 0 saturated carbocycles. The third-order valence-corrected chi connectivity index (χ3v) is 7.78. The molecule has 4 rings (SSSR count). The number of carbonyl (C=O) groups excluding carboxylic acids is 2. The summed E-state index contributed by atoms with van der Waals surface area (Å²) in [5, 5.41) is 4.43. The summed E-state index contributed by atoms with van der Waals surface area (Å²) in [6.07, 6.45) is 3.06. The van der Waals surface area contributed by atoms with Crippen molar-refractivity contribution >= 4 is 21.9 Å². The van der Waals surface area contributed by atoms with E-state index in [2.05, 4.69) is 5.10 Å². The molecule has 0 bridgehead atoms. The Morgan fingerprint density at radius 2 is 1.75 bits per heavy atom. The second-order valence-corrected chi connectivity index (χ2v) is 9.66. The normalized spacial score (nSPS) is 17.0. The Balaban J connectivity index is 1.49. The number of nitrogens with zero attached hydrogens (tertiary/aromatic N) is 4. The molecule has 0 radical (unpaired) electrons. The van der Waals surface area contributed by atoms with Crippen LogP contribution in [-0.2, 0) is 27.7 Å². The van der Waals surface area contributed by atoms with E-state index in [1.165, 1.54) is 36.7 Å². The van der Waals surface area contributed by atoms with Crippen LogP contribution in [0.1, 0.15) is 39.4 Å². The molecule has 1 saturated heterocycles. The number of hydrogen-bond donors (Lipinski definition) is 0. The third kappa shape index (κ3) is 4.09. The zero-order chi connectivity index (χ0) is 22.9. The Morgan fingerprint density at radius 3 is 2.41 bits per heavy atom. The molecule has 0 atom stereocenters. The van der Waals surface area contributed by atoms with Crippen LogP contribution in [0.2, 0.25) is 0 Å². The van der Waals surface area contributed by atoms with Crippen LogP contribution in [0.25, 0.3) is 0 Å². The largest absolute Gasteiger partial charge is 0.495 e. The lowest BCUT2D eigenvalue weighted by Gasteiger charge is -2.33. The van der Waals surface area contributed by atoms with Crippen molar-refractivity contribution in [3.63, 3.8) is 0 Å². The van der Waals surface area contributed by atoms with Gasteiger partial charge in [0.2, 0.25) is 10.0 Å². The fourth-order valence-electron chi connectivity index (χ4n) is 4.08. The first-order valence-corrected chi connectivity index (χ1v) is 11.9. The summed E-state index contributed by atoms with van der Waals surface area (Å²) in [6.45, 7) is 1.58. The van der Waals surface area contributed by atoms with Gasteiger partial charge in [0, 0.05) is 38.4 Å². The first kappa shape index (κ1) is 22.3. The number of benzene rings is 1. The van der Waals surface area contributed by atoms with Crippen LogP contribution in [0.3, 0.4) is 0 Å². The monoisotopic (exact) mass is 462 g/mol. The van der Waals surface area contributed by atoms with Gasteiger partial charge in [-0.3, -0.25) is 9.48 Å². The third-order valence-electron chi connectivity index (χ3n) is 5.86. The second-order valence-electron chi connectivity index (χ2n) is 7.75. The summed E-state index contributed by atoms with van der Waals surface area (Å²) in [7, 11) is -1.34. The molecule has 0 unspecified atom stereocenters. The number of sulfonamides is 1. The van der Waals surface area contributed by atoms with Gasteiger partial charge in [-0.2, -0.15) is 9.40 Å². The van der Waals surface area contributed by atoms with Crippen LogP contribution in [0, 0.1) is 0 Å². The van der Waals surface area contributed by atoms with E-state index in [1.54, 1.807) is 4.90 Å². The summed E-state index contributed by atoms with van der Waals surface area (Å²) < 4.78 is 39.7. The van der Waals surface area contributed by atoms with Gasteiger partial charge in [-0.15, -0.1) is 0 Å². The molecule has 1 amide bonds. The molecule has 10 nitrogen and oxygen atoms in total. The first-order valence-electron chi connectivity index (χ1n) is 10.5. The molecule has 11 heteroatoms. The van der Waals surface area contributed by atoms with Crippen molar-refractivity contribution in [3.05, 3.63) is 41.2 Å². The van der Waals surface area contributed by atoms with Gasteiger partial charge in [-0.05, 0) is 43.5 Å². The molecule has 0 spiro atoms. The highest BCUT2D eigenvalue weighted by Crippen LogP contribution is 2.29. The molecular formula is C21H26N4O6S. The Bertz CT molecular complexity index is 1110. The molecule has 2 aromatic rings. The highest BCUT2D eigenvalue weighted by molar-refractivity contribution is 7.89. The molecule has 1 aromatic carbocycles. The fourth-order valence-corrected chi connectivity index (χ4v) is 5.68. The maximum atomic E-state index is 13.3. The molecule has 3 heterocycles. The number of hydrogen-bond acceptors (Lipinski definition) is 7. The molecule has 172 valence electrons. The van der Waals surface area contributed by atoms with Crippen molar-refractivity contribution in [2.24, 2.45) is 0 Å². The minimum absolute atomic E-state index is 0.107. The second kappa shape index (κ2) is 8.91. The van der Waals surface area contributed by atoms with E-state index in [-0.39, 0.29) is 48.3 Å². The van der Waals surface area contributed by atoms with Gasteiger partial charge >= 0.3 is 5.97 Å². The quantitative estimate of drug-likeness (QED) is 0.613. The van der Waals surface area contributed by atoms with Gasteiger partial charge in [0.05, 0.1) is 19.8 Å². The van der Waals surface area contributed by atoms with Gasteiger partial charge in [-0.1, -0.05) is 0 Å². The maximum absolute atomic E-state index is 13.3. The molecular weight excluding hydrogens is 436 g/mol. The van der Waals surface area contributed by atoms with Crippen LogP contribution in [0.15, 0.2) is 29.2 Å². The Labute approximate surface area is 186 Å². The van der Waals surface area contributed by atoms with Crippen molar-refractivity contribution in [2.75, 3.05) is 40.4 Å². The number of piperazine rings is 1. The molecule has 0 aliphatic carbocycles. The lowest BCUT2D eigenvalue weighted by molar-refractivity contribution is 0.0599. The van der Waals surface area contributed by atoms with E-state index in [9.17, 15) is 18.0 Å². The fraction of sp³-hybridized carbons (Fsp3) is 0.476. The van der Waals surface area contributed by atoms with Gasteiger partial charge in [0.25, 0.3) is 5.91 Å². The standard InChI is InChI=1S/C21H26N4O6S/c1-30-18-7-6-15(21(27)31-2)13-19(18)32(28,29)24-11-9-23(10-12-24)20(26)17-14-16-5-3-4-8-25(16)22-17/h6-7,13-14H,3-5,8-12H2,1-2H3. The first-order chi connectivity index (χ1) is 15.3. The highest BCUT2D eigenvalue weighted by Gasteiger charge is 2.33. The average Bonchev–Trinajstić information content (AvgIpc) is 3.27. The van der Waals surface area contributed by atoms with Gasteiger partial charge in [0.1, 0.15) is 10.6 Å². The van der Waals surface area contributed by atoms with Gasteiger partial charge < -0.3 is 14.4 Å². The van der Waals surface area contributed by atoms with E-state index >= 15 is 0 Å². The zero-order valence-corrected chi connectivity index (χ0v) is 18.9. The van der Waals surface area contributed by atoms with E-state index in [0.29, 0.717) is 5.69 Å². The number of methoxy groups -OCH3 is 2. The summed E-state index contributed by atoms with van der Waals surface area (Å²) in [5.41, 5.74) is 1.59. The molecule has 2 aliphatic heterocycles. The molecule has 0 N–H and O–H groups in total. The van der Waals surface area contributed by atoms with Crippen molar-refractivity contribution in [1.29, 1.82) is 0 Å². The Hall–Kier alpha value is -2.92. The number of fused-ring (bicyclic) bond motifs is 1. The predicted molar refractivity (Wildman–Crippen MR) is 114 cm³/mol. The molecule has 32 heavy (non-hydrogen) atoms. The van der Waals surface area contributed by atoms with Crippen LogP contribution < -0.4 is 4.74 Å². The molecule has 1 fully saturated rings. The van der Waals surface area contributed by atoms with E-state index in [0.717, 1.165) is 31.5 Å². The highest BCUT2D eigenvalue weighted by atomic mass is 32.2. The summed E-state index contributed by atoms with van der Waals surface area (Å²) in [5.74, 6) is -0.684. The summed E-state index contributed by atoms with van der Waals surface area (Å²) in [6, 6.07) is 5.98. The van der Waals surface area contributed by atoms with Crippen molar-refractivity contribution in [3.8, 4) is 5.75 Å². The van der Waals surface area contributed by atoms with Crippen LogP contribution in [0.4, 0.5) is 0 Å². The topological polar surface area (TPSA) is 111 Å². The number of ether oxygens (including phenoxy) is 2. The predicted octanol–water partition coefficient (Wildman–Crippen LogP) is 1.16. The summed E-state index contributed by atoms with van der Waals surface area (Å²) >= 11 is 0. The number of aryl methyl sites for hydroxylation is 2. The lowest BCUT2D eigenvalue weighted by atomic mass is 10.1. The maximum Gasteiger partial charge on any atom is 0.337 e. The minimum atomic E-state index is -3.94. The minimum Gasteiger partial charge on any atom is -0.495 e. The Kier molecular flexibility index (Phi) is 6.20. The van der Waals surface area contributed by atoms with E-state index < -0.39 is 16.0 Å². The number of carbonyl (C=O) groups is 2. The van der Waals surface area contributed by atoms with Crippen molar-refractivity contribution < 1.29 is 27.5 Å². The SMILES string of the molecule is COC(=O)c1ccc(OC)c(S(=O)(=O)N2CCN(C(=O)c3cc4n(n3)CCCC4)CC2)c1.